The van der Waals surface area contributed by atoms with Crippen LogP contribution in [0.1, 0.15) is 42.6 Å². The van der Waals surface area contributed by atoms with Gasteiger partial charge in [-0.1, -0.05) is 37.6 Å². The average Bonchev–Trinajstić information content (AvgIpc) is 3.13. The molecule has 3 rings (SSSR count). The molecular formula is C16H20ClN5O. The van der Waals surface area contributed by atoms with Crippen LogP contribution in [0.3, 0.4) is 0 Å². The minimum Gasteiger partial charge on any atom is -0.334 e. The number of hydrogen-bond donors (Lipinski definition) is 1. The molecule has 0 bridgehead atoms. The summed E-state index contributed by atoms with van der Waals surface area (Å²) in [5, 5.41) is 4.99. The molecule has 1 atom stereocenters. The van der Waals surface area contributed by atoms with E-state index in [0.29, 0.717) is 23.9 Å². The first-order valence-corrected chi connectivity index (χ1v) is 8.12. The largest absolute Gasteiger partial charge is 0.334 e. The summed E-state index contributed by atoms with van der Waals surface area (Å²) in [6, 6.07) is 7.44. The molecule has 1 aromatic heterocycles. The van der Waals surface area contributed by atoms with E-state index in [4.69, 9.17) is 17.3 Å². The predicted octanol–water partition coefficient (Wildman–Crippen LogP) is 2.22. The maximum Gasteiger partial charge on any atom is 0.293 e. The van der Waals surface area contributed by atoms with Gasteiger partial charge in [0.1, 0.15) is 5.82 Å². The zero-order valence-electron chi connectivity index (χ0n) is 13.2. The van der Waals surface area contributed by atoms with Crippen LogP contribution in [0.5, 0.6) is 0 Å². The van der Waals surface area contributed by atoms with Crippen molar-refractivity contribution in [1.82, 2.24) is 19.7 Å². The van der Waals surface area contributed by atoms with E-state index in [0.717, 1.165) is 12.1 Å². The molecule has 1 amide bonds. The van der Waals surface area contributed by atoms with Crippen LogP contribution in [0, 0.1) is 0 Å². The molecule has 0 radical (unpaired) electrons. The summed E-state index contributed by atoms with van der Waals surface area (Å²) in [6.07, 6.45) is 0.813. The highest BCUT2D eigenvalue weighted by Crippen LogP contribution is 2.24. The highest BCUT2D eigenvalue weighted by Gasteiger charge is 2.28. The number of nitrogens with two attached hydrogens (primary N) is 1. The minimum absolute atomic E-state index is 0.0363. The molecule has 1 aromatic carbocycles. The molecule has 1 fully saturated rings. The minimum atomic E-state index is -0.175. The van der Waals surface area contributed by atoms with Gasteiger partial charge in [-0.25, -0.2) is 9.67 Å². The van der Waals surface area contributed by atoms with Crippen molar-refractivity contribution >= 4 is 17.5 Å². The number of para-hydroxylation sites is 1. The summed E-state index contributed by atoms with van der Waals surface area (Å²) in [4.78, 5) is 18.8. The number of amides is 1. The van der Waals surface area contributed by atoms with E-state index in [1.165, 1.54) is 0 Å². The van der Waals surface area contributed by atoms with E-state index >= 15 is 0 Å². The third-order valence-corrected chi connectivity index (χ3v) is 4.25. The molecule has 0 saturated carbocycles. The molecule has 6 nitrogen and oxygen atoms in total. The van der Waals surface area contributed by atoms with Gasteiger partial charge in [0, 0.05) is 25.0 Å². The van der Waals surface area contributed by atoms with Crippen molar-refractivity contribution < 1.29 is 4.79 Å². The van der Waals surface area contributed by atoms with E-state index in [9.17, 15) is 4.79 Å². The topological polar surface area (TPSA) is 77.0 Å². The smallest absolute Gasteiger partial charge is 0.293 e. The van der Waals surface area contributed by atoms with Gasteiger partial charge in [-0.15, -0.1) is 5.10 Å². The number of nitrogens with zero attached hydrogens (tertiary/aromatic N) is 4. The summed E-state index contributed by atoms with van der Waals surface area (Å²) in [6.45, 7) is 5.23. The lowest BCUT2D eigenvalue weighted by Crippen LogP contribution is -2.32. The van der Waals surface area contributed by atoms with Gasteiger partial charge in [0.15, 0.2) is 0 Å². The lowest BCUT2D eigenvalue weighted by molar-refractivity contribution is 0.0779. The van der Waals surface area contributed by atoms with E-state index in [1.807, 2.05) is 32.0 Å². The van der Waals surface area contributed by atoms with E-state index in [2.05, 4.69) is 10.1 Å². The fourth-order valence-corrected chi connectivity index (χ4v) is 2.92. The van der Waals surface area contributed by atoms with Gasteiger partial charge in [-0.2, -0.15) is 0 Å². The Bertz CT molecular complexity index is 727. The molecule has 0 unspecified atom stereocenters. The Morgan fingerprint density at radius 2 is 2.13 bits per heavy atom. The van der Waals surface area contributed by atoms with Gasteiger partial charge in [-0.3, -0.25) is 4.79 Å². The summed E-state index contributed by atoms with van der Waals surface area (Å²) >= 11 is 6.27. The van der Waals surface area contributed by atoms with Crippen LogP contribution in [-0.2, 0) is 0 Å². The molecule has 2 N–H and O–H groups in total. The lowest BCUT2D eigenvalue weighted by Gasteiger charge is -2.12. The fourth-order valence-electron chi connectivity index (χ4n) is 2.70. The molecule has 1 aliphatic heterocycles. The van der Waals surface area contributed by atoms with Crippen molar-refractivity contribution in [2.24, 2.45) is 5.73 Å². The first-order valence-electron chi connectivity index (χ1n) is 7.74. The molecule has 122 valence electrons. The van der Waals surface area contributed by atoms with Crippen LogP contribution < -0.4 is 5.73 Å². The number of rotatable bonds is 3. The first-order chi connectivity index (χ1) is 11.0. The Hall–Kier alpha value is -1.92. The number of likely N-dealkylation sites (tertiary alicyclic amines) is 1. The number of halogens is 1. The van der Waals surface area contributed by atoms with Gasteiger partial charge in [0.05, 0.1) is 10.7 Å². The van der Waals surface area contributed by atoms with Crippen LogP contribution in [0.4, 0.5) is 0 Å². The number of aromatic nitrogens is 3. The molecule has 2 aromatic rings. The predicted molar refractivity (Wildman–Crippen MR) is 89.0 cm³/mol. The van der Waals surface area contributed by atoms with Crippen molar-refractivity contribution in [1.29, 1.82) is 0 Å². The van der Waals surface area contributed by atoms with Crippen molar-refractivity contribution in [3.63, 3.8) is 0 Å². The van der Waals surface area contributed by atoms with E-state index in [-0.39, 0.29) is 23.7 Å². The van der Waals surface area contributed by atoms with Crippen LogP contribution in [0.25, 0.3) is 5.69 Å². The maximum absolute atomic E-state index is 12.6. The average molecular weight is 334 g/mol. The molecule has 2 heterocycles. The van der Waals surface area contributed by atoms with Crippen molar-refractivity contribution in [2.45, 2.75) is 32.2 Å². The monoisotopic (exact) mass is 333 g/mol. The third-order valence-electron chi connectivity index (χ3n) is 3.93. The summed E-state index contributed by atoms with van der Waals surface area (Å²) < 4.78 is 1.66. The Morgan fingerprint density at radius 3 is 2.74 bits per heavy atom. The third kappa shape index (κ3) is 3.09. The van der Waals surface area contributed by atoms with Gasteiger partial charge >= 0.3 is 0 Å². The van der Waals surface area contributed by atoms with Crippen molar-refractivity contribution in [2.75, 3.05) is 13.1 Å². The second-order valence-electron chi connectivity index (χ2n) is 6.11. The van der Waals surface area contributed by atoms with Gasteiger partial charge < -0.3 is 10.6 Å². The Labute approximate surface area is 140 Å². The highest BCUT2D eigenvalue weighted by atomic mass is 35.5. The quantitative estimate of drug-likeness (QED) is 0.934. The van der Waals surface area contributed by atoms with Crippen molar-refractivity contribution in [3.8, 4) is 5.69 Å². The van der Waals surface area contributed by atoms with Crippen LogP contribution >= 0.6 is 11.6 Å². The van der Waals surface area contributed by atoms with Gasteiger partial charge in [0.2, 0.25) is 5.82 Å². The highest BCUT2D eigenvalue weighted by molar-refractivity contribution is 6.32. The second kappa shape index (κ2) is 6.29. The Balaban J connectivity index is 1.99. The molecule has 0 aliphatic carbocycles. The lowest BCUT2D eigenvalue weighted by atomic mass is 10.2. The Kier molecular flexibility index (Phi) is 4.37. The number of benzene rings is 1. The maximum atomic E-state index is 12.6. The fraction of sp³-hybridized carbons (Fsp3) is 0.438. The van der Waals surface area contributed by atoms with Crippen LogP contribution in [-0.4, -0.2) is 44.7 Å². The summed E-state index contributed by atoms with van der Waals surface area (Å²) in [5.74, 6) is 0.847. The normalized spacial score (nSPS) is 18.0. The second-order valence-corrected chi connectivity index (χ2v) is 6.52. The SMILES string of the molecule is CC(C)c1nc(C(=O)N2CC[C@@H](N)C2)nn1-c1ccccc1Cl. The van der Waals surface area contributed by atoms with Crippen LogP contribution in [0.15, 0.2) is 24.3 Å². The number of carbonyl (C=O) groups excluding carboxylic acids is 1. The molecule has 0 spiro atoms. The van der Waals surface area contributed by atoms with Gasteiger partial charge in [0.25, 0.3) is 5.91 Å². The van der Waals surface area contributed by atoms with Gasteiger partial charge in [-0.05, 0) is 18.6 Å². The zero-order valence-corrected chi connectivity index (χ0v) is 14.0. The molecule has 7 heteroatoms. The standard InChI is InChI=1S/C16H20ClN5O/c1-10(2)15-19-14(16(23)21-8-7-11(18)9-21)20-22(15)13-6-4-3-5-12(13)17/h3-6,10-11H,7-9,18H2,1-2H3/t11-/m1/s1. The summed E-state index contributed by atoms with van der Waals surface area (Å²) in [5.41, 5.74) is 6.60. The Morgan fingerprint density at radius 1 is 1.39 bits per heavy atom. The number of hydrogen-bond acceptors (Lipinski definition) is 4. The molecule has 1 saturated heterocycles. The molecular weight excluding hydrogens is 314 g/mol. The molecule has 1 aliphatic rings. The van der Waals surface area contributed by atoms with Crippen molar-refractivity contribution in [3.05, 3.63) is 40.9 Å². The number of carbonyl (C=O) groups is 1. The van der Waals surface area contributed by atoms with Crippen LogP contribution in [0.2, 0.25) is 5.02 Å². The summed E-state index contributed by atoms with van der Waals surface area (Å²) in [7, 11) is 0. The molecule has 23 heavy (non-hydrogen) atoms. The zero-order chi connectivity index (χ0) is 16.6. The van der Waals surface area contributed by atoms with E-state index in [1.54, 1.807) is 15.6 Å². The van der Waals surface area contributed by atoms with E-state index < -0.39 is 0 Å². The first kappa shape index (κ1) is 16.0.